The summed E-state index contributed by atoms with van der Waals surface area (Å²) < 4.78 is 5.05. The summed E-state index contributed by atoms with van der Waals surface area (Å²) in [6.45, 7) is 1.99. The average molecular weight is 219 g/mol. The van der Waals surface area contributed by atoms with E-state index in [-0.39, 0.29) is 12.5 Å². The molecule has 0 radical (unpaired) electrons. The molecule has 0 bridgehead atoms. The van der Waals surface area contributed by atoms with Gasteiger partial charge in [0.15, 0.2) is 0 Å². The Kier molecular flexibility index (Phi) is 3.31. The minimum atomic E-state index is 0.0192. The van der Waals surface area contributed by atoms with Crippen LogP contribution in [0.4, 0.5) is 0 Å². The molecule has 16 heavy (non-hydrogen) atoms. The van der Waals surface area contributed by atoms with Crippen LogP contribution in [0.2, 0.25) is 0 Å². The number of hydrogen-bond acceptors (Lipinski definition) is 3. The third-order valence-electron chi connectivity index (χ3n) is 2.57. The van der Waals surface area contributed by atoms with Crippen molar-refractivity contribution in [2.75, 3.05) is 19.8 Å². The van der Waals surface area contributed by atoms with Gasteiger partial charge < -0.3 is 9.64 Å². The maximum Gasteiger partial charge on any atom is 0.248 e. The smallest absolute Gasteiger partial charge is 0.248 e. The predicted molar refractivity (Wildman–Crippen MR) is 58.1 cm³/mol. The van der Waals surface area contributed by atoms with Crippen LogP contribution in [0, 0.1) is 0 Å². The summed E-state index contributed by atoms with van der Waals surface area (Å²) >= 11 is 0. The largest absolute Gasteiger partial charge is 0.370 e. The summed E-state index contributed by atoms with van der Waals surface area (Å²) in [6, 6.07) is 7.25. The van der Waals surface area contributed by atoms with Crippen LogP contribution in [0.1, 0.15) is 15.9 Å². The molecule has 1 heterocycles. The first-order chi connectivity index (χ1) is 7.79. The third-order valence-corrected chi connectivity index (χ3v) is 2.57. The minimum absolute atomic E-state index is 0.0192. The predicted octanol–water partition coefficient (Wildman–Crippen LogP) is 0.858. The van der Waals surface area contributed by atoms with Crippen molar-refractivity contribution in [2.45, 2.75) is 6.54 Å². The van der Waals surface area contributed by atoms with Gasteiger partial charge in [-0.25, -0.2) is 0 Å². The maximum absolute atomic E-state index is 11.5. The van der Waals surface area contributed by atoms with Gasteiger partial charge in [0.1, 0.15) is 12.9 Å². The van der Waals surface area contributed by atoms with E-state index in [4.69, 9.17) is 4.74 Å². The SMILES string of the molecule is O=Cc1ccc(CN2CCOCC2=O)cc1. The van der Waals surface area contributed by atoms with Gasteiger partial charge in [0.05, 0.1) is 6.61 Å². The lowest BCUT2D eigenvalue weighted by Crippen LogP contribution is -2.40. The average Bonchev–Trinajstić information content (AvgIpc) is 2.33. The quantitative estimate of drug-likeness (QED) is 0.708. The fraction of sp³-hybridized carbons (Fsp3) is 0.333. The Morgan fingerprint density at radius 3 is 2.69 bits per heavy atom. The fourth-order valence-corrected chi connectivity index (χ4v) is 1.64. The maximum atomic E-state index is 11.5. The third kappa shape index (κ3) is 2.46. The second-order valence-corrected chi connectivity index (χ2v) is 3.73. The summed E-state index contributed by atoms with van der Waals surface area (Å²) in [5.41, 5.74) is 1.68. The Labute approximate surface area is 93.8 Å². The normalized spacial score (nSPS) is 16.2. The van der Waals surface area contributed by atoms with E-state index in [1.807, 2.05) is 12.1 Å². The highest BCUT2D eigenvalue weighted by molar-refractivity contribution is 5.78. The molecule has 4 heteroatoms. The lowest BCUT2D eigenvalue weighted by Gasteiger charge is -2.26. The zero-order valence-corrected chi connectivity index (χ0v) is 8.89. The number of aldehydes is 1. The molecule has 0 saturated carbocycles. The zero-order valence-electron chi connectivity index (χ0n) is 8.89. The van der Waals surface area contributed by atoms with Crippen LogP contribution in [-0.4, -0.2) is 36.9 Å². The highest BCUT2D eigenvalue weighted by Gasteiger charge is 2.18. The van der Waals surface area contributed by atoms with E-state index < -0.39 is 0 Å². The highest BCUT2D eigenvalue weighted by Crippen LogP contribution is 2.08. The van der Waals surface area contributed by atoms with Crippen molar-refractivity contribution >= 4 is 12.2 Å². The van der Waals surface area contributed by atoms with E-state index in [0.29, 0.717) is 25.3 Å². The molecule has 1 aromatic rings. The second-order valence-electron chi connectivity index (χ2n) is 3.73. The lowest BCUT2D eigenvalue weighted by atomic mass is 10.1. The monoisotopic (exact) mass is 219 g/mol. The number of ether oxygens (including phenoxy) is 1. The number of morpholine rings is 1. The summed E-state index contributed by atoms with van der Waals surface area (Å²) in [6.07, 6.45) is 0.809. The van der Waals surface area contributed by atoms with Crippen molar-refractivity contribution in [2.24, 2.45) is 0 Å². The highest BCUT2D eigenvalue weighted by atomic mass is 16.5. The van der Waals surface area contributed by atoms with Crippen LogP contribution in [0.25, 0.3) is 0 Å². The second kappa shape index (κ2) is 4.90. The molecule has 0 unspecified atom stereocenters. The number of carbonyl (C=O) groups excluding carboxylic acids is 2. The van der Waals surface area contributed by atoms with Crippen LogP contribution >= 0.6 is 0 Å². The van der Waals surface area contributed by atoms with Gasteiger partial charge in [0, 0.05) is 18.7 Å². The molecular formula is C12H13NO3. The van der Waals surface area contributed by atoms with Gasteiger partial charge in [-0.15, -0.1) is 0 Å². The standard InChI is InChI=1S/C12H13NO3/c14-8-11-3-1-10(2-4-11)7-13-5-6-16-9-12(13)15/h1-4,8H,5-7,9H2. The molecule has 0 atom stereocenters. The minimum Gasteiger partial charge on any atom is -0.370 e. The van der Waals surface area contributed by atoms with Gasteiger partial charge in [-0.3, -0.25) is 9.59 Å². The molecule has 0 N–H and O–H groups in total. The Morgan fingerprint density at radius 2 is 2.06 bits per heavy atom. The van der Waals surface area contributed by atoms with Crippen molar-refractivity contribution in [3.63, 3.8) is 0 Å². The first-order valence-electron chi connectivity index (χ1n) is 5.19. The number of hydrogen-bond donors (Lipinski definition) is 0. The summed E-state index contributed by atoms with van der Waals surface area (Å²) in [7, 11) is 0. The van der Waals surface area contributed by atoms with Crippen molar-refractivity contribution in [1.29, 1.82) is 0 Å². The Bertz CT molecular complexity index is 386. The van der Waals surface area contributed by atoms with Crippen LogP contribution in [-0.2, 0) is 16.1 Å². The van der Waals surface area contributed by atoms with Gasteiger partial charge in [-0.2, -0.15) is 0 Å². The van der Waals surface area contributed by atoms with E-state index in [1.54, 1.807) is 17.0 Å². The molecule has 4 nitrogen and oxygen atoms in total. The van der Waals surface area contributed by atoms with E-state index >= 15 is 0 Å². The number of benzene rings is 1. The van der Waals surface area contributed by atoms with E-state index in [0.717, 1.165) is 11.8 Å². The Hall–Kier alpha value is -1.68. The fourth-order valence-electron chi connectivity index (χ4n) is 1.64. The van der Waals surface area contributed by atoms with Gasteiger partial charge in [-0.05, 0) is 5.56 Å². The zero-order chi connectivity index (χ0) is 11.4. The Balaban J connectivity index is 2.02. The summed E-state index contributed by atoms with van der Waals surface area (Å²) in [4.78, 5) is 23.7. The van der Waals surface area contributed by atoms with E-state index in [9.17, 15) is 9.59 Å². The van der Waals surface area contributed by atoms with Gasteiger partial charge >= 0.3 is 0 Å². The van der Waals surface area contributed by atoms with Crippen LogP contribution in [0.15, 0.2) is 24.3 Å². The molecule has 1 aliphatic rings. The van der Waals surface area contributed by atoms with E-state index in [2.05, 4.69) is 0 Å². The van der Waals surface area contributed by atoms with Gasteiger partial charge in [0.25, 0.3) is 0 Å². The van der Waals surface area contributed by atoms with Crippen LogP contribution in [0.5, 0.6) is 0 Å². The molecule has 2 rings (SSSR count). The number of carbonyl (C=O) groups is 2. The van der Waals surface area contributed by atoms with Crippen molar-refractivity contribution in [1.82, 2.24) is 4.90 Å². The molecule has 0 aromatic heterocycles. The number of amides is 1. The van der Waals surface area contributed by atoms with Crippen molar-refractivity contribution < 1.29 is 14.3 Å². The molecule has 0 spiro atoms. The molecule has 1 aliphatic heterocycles. The molecule has 1 aromatic carbocycles. The van der Waals surface area contributed by atoms with Crippen molar-refractivity contribution in [3.8, 4) is 0 Å². The lowest BCUT2D eigenvalue weighted by molar-refractivity contribution is -0.143. The molecule has 1 fully saturated rings. The van der Waals surface area contributed by atoms with Gasteiger partial charge in [-0.1, -0.05) is 24.3 Å². The molecule has 0 aliphatic carbocycles. The first-order valence-corrected chi connectivity index (χ1v) is 5.19. The molecule has 1 saturated heterocycles. The van der Waals surface area contributed by atoms with Crippen LogP contribution in [0.3, 0.4) is 0 Å². The first kappa shape index (κ1) is 10.8. The number of rotatable bonds is 3. The Morgan fingerprint density at radius 1 is 1.31 bits per heavy atom. The topological polar surface area (TPSA) is 46.6 Å². The molecule has 84 valence electrons. The van der Waals surface area contributed by atoms with Crippen LogP contribution < -0.4 is 0 Å². The van der Waals surface area contributed by atoms with Crippen molar-refractivity contribution in [3.05, 3.63) is 35.4 Å². The van der Waals surface area contributed by atoms with E-state index in [1.165, 1.54) is 0 Å². The molecule has 1 amide bonds. The summed E-state index contributed by atoms with van der Waals surface area (Å²) in [5, 5.41) is 0. The number of nitrogens with zero attached hydrogens (tertiary/aromatic N) is 1. The molecular weight excluding hydrogens is 206 g/mol. The van der Waals surface area contributed by atoms with Gasteiger partial charge in [0.2, 0.25) is 5.91 Å². The summed E-state index contributed by atoms with van der Waals surface area (Å²) in [5.74, 6) is 0.0192.